The molecule has 0 spiro atoms. The van der Waals surface area contributed by atoms with Crippen molar-refractivity contribution in [2.75, 3.05) is 7.05 Å². The monoisotopic (exact) mass is 294 g/mol. The number of rotatable bonds is 3. The number of nitrogens with zero attached hydrogens (tertiary/aromatic N) is 3. The molecule has 108 valence electrons. The summed E-state index contributed by atoms with van der Waals surface area (Å²) in [5.74, 6) is 0. The van der Waals surface area contributed by atoms with E-state index in [0.29, 0.717) is 0 Å². The van der Waals surface area contributed by atoms with Crippen LogP contribution < -0.4 is 5.73 Å². The van der Waals surface area contributed by atoms with E-state index in [9.17, 15) is 8.42 Å². The molecule has 0 bridgehead atoms. The van der Waals surface area contributed by atoms with Crippen LogP contribution in [-0.2, 0) is 10.0 Å². The second kappa shape index (κ2) is 5.87. The van der Waals surface area contributed by atoms with E-state index in [2.05, 4.69) is 4.98 Å². The lowest BCUT2D eigenvalue weighted by molar-refractivity contribution is 0.268. The summed E-state index contributed by atoms with van der Waals surface area (Å²) < 4.78 is 26.6. The minimum atomic E-state index is -3.69. The highest BCUT2D eigenvalue weighted by Crippen LogP contribution is 2.26. The maximum Gasteiger partial charge on any atom is 0.245 e. The van der Waals surface area contributed by atoms with Gasteiger partial charge in [-0.25, -0.2) is 13.4 Å². The van der Waals surface area contributed by atoms with E-state index < -0.39 is 10.0 Å². The van der Waals surface area contributed by atoms with Crippen molar-refractivity contribution in [2.24, 2.45) is 5.73 Å². The molecule has 20 heavy (non-hydrogen) atoms. The molecule has 0 aliphatic heterocycles. The topological polar surface area (TPSA) is 100 Å². The third-order valence-electron chi connectivity index (χ3n) is 3.79. The molecule has 1 aliphatic carbocycles. The summed E-state index contributed by atoms with van der Waals surface area (Å²) in [5, 5.41) is 9.00. The van der Waals surface area contributed by atoms with Crippen molar-refractivity contribution in [3.05, 3.63) is 24.0 Å². The van der Waals surface area contributed by atoms with Gasteiger partial charge in [0.25, 0.3) is 0 Å². The van der Waals surface area contributed by atoms with E-state index in [0.717, 1.165) is 25.7 Å². The Morgan fingerprint density at radius 3 is 2.65 bits per heavy atom. The van der Waals surface area contributed by atoms with Crippen molar-refractivity contribution in [1.29, 1.82) is 5.26 Å². The molecule has 0 amide bonds. The minimum Gasteiger partial charge on any atom is -0.328 e. The van der Waals surface area contributed by atoms with Crippen LogP contribution in [0.15, 0.2) is 23.2 Å². The van der Waals surface area contributed by atoms with E-state index in [1.807, 2.05) is 6.07 Å². The molecule has 1 aromatic rings. The van der Waals surface area contributed by atoms with Crippen molar-refractivity contribution in [3.8, 4) is 6.07 Å². The lowest BCUT2D eigenvalue weighted by atomic mass is 9.92. The third-order valence-corrected chi connectivity index (χ3v) is 5.73. The zero-order chi connectivity index (χ0) is 14.8. The number of pyridine rings is 1. The Hall–Kier alpha value is -1.49. The standard InChI is InChI=1S/C13H18N4O2S/c1-17(11-6-4-10(15)5-7-11)20(18,19)13-3-2-8-16-12(13)9-14/h2-3,8,10-11H,4-7,15H2,1H3. The van der Waals surface area contributed by atoms with Crippen molar-refractivity contribution in [2.45, 2.75) is 42.7 Å². The van der Waals surface area contributed by atoms with Crippen molar-refractivity contribution >= 4 is 10.0 Å². The van der Waals surface area contributed by atoms with Crippen LogP contribution in [0, 0.1) is 11.3 Å². The number of sulfonamides is 1. The van der Waals surface area contributed by atoms with Gasteiger partial charge >= 0.3 is 0 Å². The number of nitrogens with two attached hydrogens (primary N) is 1. The highest BCUT2D eigenvalue weighted by molar-refractivity contribution is 7.89. The first-order valence-electron chi connectivity index (χ1n) is 6.55. The predicted octanol–water partition coefficient (Wildman–Crippen LogP) is 0.844. The van der Waals surface area contributed by atoms with Gasteiger partial charge in [0.1, 0.15) is 11.0 Å². The highest BCUT2D eigenvalue weighted by atomic mass is 32.2. The summed E-state index contributed by atoms with van der Waals surface area (Å²) >= 11 is 0. The smallest absolute Gasteiger partial charge is 0.245 e. The Labute approximate surface area is 119 Å². The lowest BCUT2D eigenvalue weighted by Crippen LogP contribution is -2.42. The van der Waals surface area contributed by atoms with Crippen LogP contribution in [0.3, 0.4) is 0 Å². The first-order valence-corrected chi connectivity index (χ1v) is 7.99. The minimum absolute atomic E-state index is 0.0279. The Bertz CT molecular complexity index is 616. The summed E-state index contributed by atoms with van der Waals surface area (Å²) in [7, 11) is -2.13. The molecule has 6 nitrogen and oxygen atoms in total. The van der Waals surface area contributed by atoms with Gasteiger partial charge in [-0.1, -0.05) is 0 Å². The van der Waals surface area contributed by atoms with Gasteiger partial charge in [0.2, 0.25) is 10.0 Å². The Morgan fingerprint density at radius 2 is 2.05 bits per heavy atom. The van der Waals surface area contributed by atoms with Gasteiger partial charge in [-0.3, -0.25) is 0 Å². The van der Waals surface area contributed by atoms with Gasteiger partial charge in [0.15, 0.2) is 5.69 Å². The molecular weight excluding hydrogens is 276 g/mol. The molecule has 0 unspecified atom stereocenters. The molecule has 7 heteroatoms. The van der Waals surface area contributed by atoms with E-state index in [1.54, 1.807) is 7.05 Å². The molecule has 1 saturated carbocycles. The molecule has 2 rings (SSSR count). The first kappa shape index (κ1) is 14.9. The Balaban J connectivity index is 2.28. The SMILES string of the molecule is CN(C1CCC(N)CC1)S(=O)(=O)c1cccnc1C#N. The Morgan fingerprint density at radius 1 is 1.40 bits per heavy atom. The maximum absolute atomic E-state index is 12.6. The average Bonchev–Trinajstić information content (AvgIpc) is 2.47. The highest BCUT2D eigenvalue weighted by Gasteiger charge is 2.32. The fourth-order valence-electron chi connectivity index (χ4n) is 2.50. The molecule has 1 aromatic heterocycles. The summed E-state index contributed by atoms with van der Waals surface area (Å²) in [6, 6.07) is 4.88. The third kappa shape index (κ3) is 2.82. The van der Waals surface area contributed by atoms with Gasteiger partial charge in [0.05, 0.1) is 0 Å². The summed E-state index contributed by atoms with van der Waals surface area (Å²) in [4.78, 5) is 3.79. The van der Waals surface area contributed by atoms with E-state index in [-0.39, 0.29) is 22.7 Å². The summed E-state index contributed by atoms with van der Waals surface area (Å²) in [6.45, 7) is 0. The zero-order valence-electron chi connectivity index (χ0n) is 11.4. The van der Waals surface area contributed by atoms with E-state index >= 15 is 0 Å². The summed E-state index contributed by atoms with van der Waals surface area (Å²) in [5.41, 5.74) is 5.78. The van der Waals surface area contributed by atoms with Crippen LogP contribution in [-0.4, -0.2) is 36.8 Å². The maximum atomic E-state index is 12.6. The quantitative estimate of drug-likeness (QED) is 0.890. The van der Waals surface area contributed by atoms with Crippen LogP contribution in [0.1, 0.15) is 31.4 Å². The lowest BCUT2D eigenvalue weighted by Gasteiger charge is -2.32. The van der Waals surface area contributed by atoms with Crippen LogP contribution >= 0.6 is 0 Å². The molecule has 0 aromatic carbocycles. The molecule has 1 aliphatic rings. The zero-order valence-corrected chi connectivity index (χ0v) is 12.2. The van der Waals surface area contributed by atoms with Gasteiger partial charge in [-0.15, -0.1) is 0 Å². The Kier molecular flexibility index (Phi) is 4.38. The van der Waals surface area contributed by atoms with Crippen LogP contribution in [0.2, 0.25) is 0 Å². The fourth-order valence-corrected chi connectivity index (χ4v) is 4.01. The van der Waals surface area contributed by atoms with Gasteiger partial charge in [0, 0.05) is 25.3 Å². The molecule has 0 atom stereocenters. The molecule has 1 fully saturated rings. The van der Waals surface area contributed by atoms with Crippen LogP contribution in [0.4, 0.5) is 0 Å². The van der Waals surface area contributed by atoms with Crippen molar-refractivity contribution in [1.82, 2.24) is 9.29 Å². The molecule has 1 heterocycles. The number of hydrogen-bond donors (Lipinski definition) is 1. The fraction of sp³-hybridized carbons (Fsp3) is 0.538. The van der Waals surface area contributed by atoms with E-state index in [1.165, 1.54) is 22.6 Å². The number of nitriles is 1. The van der Waals surface area contributed by atoms with Crippen molar-refractivity contribution in [3.63, 3.8) is 0 Å². The van der Waals surface area contributed by atoms with Crippen molar-refractivity contribution < 1.29 is 8.42 Å². The average molecular weight is 294 g/mol. The first-order chi connectivity index (χ1) is 9.46. The van der Waals surface area contributed by atoms with Gasteiger partial charge in [-0.05, 0) is 37.8 Å². The molecule has 2 N–H and O–H groups in total. The summed E-state index contributed by atoms with van der Waals surface area (Å²) in [6.07, 6.45) is 4.56. The van der Waals surface area contributed by atoms with Gasteiger partial charge < -0.3 is 5.73 Å². The normalized spacial score (nSPS) is 23.5. The largest absolute Gasteiger partial charge is 0.328 e. The predicted molar refractivity (Wildman–Crippen MR) is 74.1 cm³/mol. The van der Waals surface area contributed by atoms with Crippen LogP contribution in [0.5, 0.6) is 0 Å². The second-order valence-corrected chi connectivity index (χ2v) is 7.02. The number of hydrogen-bond acceptors (Lipinski definition) is 5. The molecule has 0 saturated heterocycles. The second-order valence-electron chi connectivity index (χ2n) is 5.05. The number of aromatic nitrogens is 1. The molecular formula is C13H18N4O2S. The van der Waals surface area contributed by atoms with Gasteiger partial charge in [-0.2, -0.15) is 9.57 Å². The van der Waals surface area contributed by atoms with Crippen LogP contribution in [0.25, 0.3) is 0 Å². The van der Waals surface area contributed by atoms with E-state index in [4.69, 9.17) is 11.0 Å². The molecule has 0 radical (unpaired) electrons.